The molecule has 3 heterocycles. The number of amides is 1. The second-order valence-corrected chi connectivity index (χ2v) is 5.81. The summed E-state index contributed by atoms with van der Waals surface area (Å²) in [4.78, 5) is 16.9. The summed E-state index contributed by atoms with van der Waals surface area (Å²) >= 11 is 0. The van der Waals surface area contributed by atoms with Gasteiger partial charge < -0.3 is 5.32 Å². The van der Waals surface area contributed by atoms with Crippen LogP contribution in [-0.4, -0.2) is 30.5 Å². The first-order valence-corrected chi connectivity index (χ1v) is 7.47. The lowest BCUT2D eigenvalue weighted by Gasteiger charge is -2.13. The fraction of sp³-hybridized carbons (Fsp3) is 0.375. The summed E-state index contributed by atoms with van der Waals surface area (Å²) in [6.07, 6.45) is 3.37. The molecular formula is C16H20N6O. The fourth-order valence-corrected chi connectivity index (χ4v) is 2.73. The van der Waals surface area contributed by atoms with Gasteiger partial charge in [0.15, 0.2) is 5.65 Å². The highest BCUT2D eigenvalue weighted by Crippen LogP contribution is 2.19. The molecule has 0 aliphatic carbocycles. The first kappa shape index (κ1) is 15.2. The fourth-order valence-electron chi connectivity index (χ4n) is 2.73. The highest BCUT2D eigenvalue weighted by Gasteiger charge is 2.17. The van der Waals surface area contributed by atoms with Crippen LogP contribution >= 0.6 is 0 Å². The van der Waals surface area contributed by atoms with Crippen LogP contribution in [0.4, 0.5) is 0 Å². The smallest absolute Gasteiger partial charge is 0.253 e. The molecule has 0 fully saturated rings. The third-order valence-corrected chi connectivity index (χ3v) is 4.21. The molecule has 7 heteroatoms. The van der Waals surface area contributed by atoms with E-state index in [1.807, 2.05) is 40.9 Å². The minimum Gasteiger partial charge on any atom is -0.345 e. The lowest BCUT2D eigenvalue weighted by atomic mass is 10.1. The van der Waals surface area contributed by atoms with Gasteiger partial charge in [-0.1, -0.05) is 0 Å². The van der Waals surface area contributed by atoms with Crippen molar-refractivity contribution in [3.63, 3.8) is 0 Å². The van der Waals surface area contributed by atoms with Crippen LogP contribution in [0.3, 0.4) is 0 Å². The average Bonchev–Trinajstić information content (AvgIpc) is 2.99. The highest BCUT2D eigenvalue weighted by molar-refractivity contribution is 5.97. The predicted octanol–water partition coefficient (Wildman–Crippen LogP) is 1.81. The SMILES string of the molecule is Cc1nn(C)c2ncc(C(=O)NC(C)c3cnn(C)c3C)cc12. The van der Waals surface area contributed by atoms with Gasteiger partial charge in [-0.3, -0.25) is 14.2 Å². The zero-order valence-electron chi connectivity index (χ0n) is 14.0. The molecule has 0 aromatic carbocycles. The molecule has 0 saturated heterocycles. The molecule has 0 radical (unpaired) electrons. The van der Waals surface area contributed by atoms with E-state index < -0.39 is 0 Å². The van der Waals surface area contributed by atoms with Gasteiger partial charge in [-0.05, 0) is 26.8 Å². The number of rotatable bonds is 3. The topological polar surface area (TPSA) is 77.6 Å². The molecule has 0 spiro atoms. The highest BCUT2D eigenvalue weighted by atomic mass is 16.1. The molecule has 23 heavy (non-hydrogen) atoms. The van der Waals surface area contributed by atoms with E-state index in [2.05, 4.69) is 20.5 Å². The number of hydrogen-bond donors (Lipinski definition) is 1. The molecule has 0 bridgehead atoms. The summed E-state index contributed by atoms with van der Waals surface area (Å²) in [6.45, 7) is 5.84. The predicted molar refractivity (Wildman–Crippen MR) is 87.1 cm³/mol. The Labute approximate surface area is 134 Å². The summed E-state index contributed by atoms with van der Waals surface area (Å²) in [7, 11) is 3.73. The van der Waals surface area contributed by atoms with Gasteiger partial charge in [-0.2, -0.15) is 10.2 Å². The van der Waals surface area contributed by atoms with Crippen LogP contribution in [0.5, 0.6) is 0 Å². The third-order valence-electron chi connectivity index (χ3n) is 4.21. The van der Waals surface area contributed by atoms with E-state index in [0.717, 1.165) is 28.0 Å². The maximum atomic E-state index is 12.5. The largest absolute Gasteiger partial charge is 0.345 e. The van der Waals surface area contributed by atoms with Crippen molar-refractivity contribution in [2.45, 2.75) is 26.8 Å². The Bertz CT molecular complexity index is 891. The van der Waals surface area contributed by atoms with Crippen molar-refractivity contribution in [2.24, 2.45) is 14.1 Å². The van der Waals surface area contributed by atoms with Crippen LogP contribution in [0.2, 0.25) is 0 Å². The molecule has 1 unspecified atom stereocenters. The van der Waals surface area contributed by atoms with Crippen molar-refractivity contribution >= 4 is 16.9 Å². The maximum Gasteiger partial charge on any atom is 0.253 e. The number of aryl methyl sites for hydroxylation is 3. The standard InChI is InChI=1S/C16H20N6O/c1-9(14-8-18-21(4)11(14)3)19-16(23)12-6-13-10(2)20-22(5)15(13)17-7-12/h6-9H,1-5H3,(H,19,23). The Kier molecular flexibility index (Phi) is 3.63. The second kappa shape index (κ2) is 5.49. The lowest BCUT2D eigenvalue weighted by Crippen LogP contribution is -2.27. The Morgan fingerprint density at radius 2 is 1.96 bits per heavy atom. The van der Waals surface area contributed by atoms with Gasteiger partial charge in [0.05, 0.1) is 23.5 Å². The Morgan fingerprint density at radius 3 is 2.61 bits per heavy atom. The summed E-state index contributed by atoms with van der Waals surface area (Å²) in [5.41, 5.74) is 4.21. The molecule has 1 atom stereocenters. The van der Waals surface area contributed by atoms with Crippen molar-refractivity contribution in [1.29, 1.82) is 0 Å². The average molecular weight is 312 g/mol. The Morgan fingerprint density at radius 1 is 1.22 bits per heavy atom. The number of carbonyl (C=O) groups excluding carboxylic acids is 1. The van der Waals surface area contributed by atoms with Gasteiger partial charge in [0.2, 0.25) is 0 Å². The van der Waals surface area contributed by atoms with E-state index in [0.29, 0.717) is 5.56 Å². The number of fused-ring (bicyclic) bond motifs is 1. The summed E-state index contributed by atoms with van der Waals surface area (Å²) in [5, 5.41) is 12.4. The Hall–Kier alpha value is -2.70. The van der Waals surface area contributed by atoms with E-state index >= 15 is 0 Å². The molecule has 3 aromatic heterocycles. The first-order valence-electron chi connectivity index (χ1n) is 7.47. The van der Waals surface area contributed by atoms with Crippen LogP contribution in [0.15, 0.2) is 18.5 Å². The number of pyridine rings is 1. The van der Waals surface area contributed by atoms with Gasteiger partial charge >= 0.3 is 0 Å². The van der Waals surface area contributed by atoms with Crippen LogP contribution in [0, 0.1) is 13.8 Å². The van der Waals surface area contributed by atoms with Crippen molar-refractivity contribution in [2.75, 3.05) is 0 Å². The van der Waals surface area contributed by atoms with E-state index in [1.54, 1.807) is 21.8 Å². The summed E-state index contributed by atoms with van der Waals surface area (Å²) < 4.78 is 3.51. The molecule has 3 aromatic rings. The number of aromatic nitrogens is 5. The number of nitrogens with one attached hydrogen (secondary N) is 1. The number of nitrogens with zero attached hydrogens (tertiary/aromatic N) is 5. The zero-order valence-corrected chi connectivity index (χ0v) is 14.0. The van der Waals surface area contributed by atoms with Gasteiger partial charge in [0.1, 0.15) is 0 Å². The number of carbonyl (C=O) groups is 1. The van der Waals surface area contributed by atoms with Crippen molar-refractivity contribution in [3.8, 4) is 0 Å². The van der Waals surface area contributed by atoms with Crippen molar-refractivity contribution in [1.82, 2.24) is 29.9 Å². The van der Waals surface area contributed by atoms with Crippen molar-refractivity contribution in [3.05, 3.63) is 41.0 Å². The quantitative estimate of drug-likeness (QED) is 0.800. The second-order valence-electron chi connectivity index (χ2n) is 5.81. The molecule has 0 aliphatic rings. The van der Waals surface area contributed by atoms with Crippen molar-refractivity contribution < 1.29 is 4.79 Å². The minimum absolute atomic E-state index is 0.123. The van der Waals surface area contributed by atoms with E-state index in [1.165, 1.54) is 0 Å². The monoisotopic (exact) mass is 312 g/mol. The molecule has 0 aliphatic heterocycles. The molecule has 1 amide bonds. The van der Waals surface area contributed by atoms with E-state index in [-0.39, 0.29) is 11.9 Å². The zero-order chi connectivity index (χ0) is 16.7. The van der Waals surface area contributed by atoms with Crippen LogP contribution < -0.4 is 5.32 Å². The van der Waals surface area contributed by atoms with Gasteiger partial charge in [-0.25, -0.2) is 4.98 Å². The molecule has 120 valence electrons. The summed E-state index contributed by atoms with van der Waals surface area (Å²) in [6, 6.07) is 1.71. The first-order chi connectivity index (χ1) is 10.9. The van der Waals surface area contributed by atoms with E-state index in [4.69, 9.17) is 0 Å². The normalized spacial score (nSPS) is 12.6. The Balaban J connectivity index is 1.86. The molecule has 7 nitrogen and oxygen atoms in total. The maximum absolute atomic E-state index is 12.5. The number of hydrogen-bond acceptors (Lipinski definition) is 4. The summed E-state index contributed by atoms with van der Waals surface area (Å²) in [5.74, 6) is -0.154. The molecular weight excluding hydrogens is 292 g/mol. The minimum atomic E-state index is -0.154. The van der Waals surface area contributed by atoms with Crippen LogP contribution in [0.25, 0.3) is 11.0 Å². The van der Waals surface area contributed by atoms with Crippen LogP contribution in [-0.2, 0) is 14.1 Å². The van der Waals surface area contributed by atoms with Gasteiger partial charge in [0.25, 0.3) is 5.91 Å². The molecule has 0 saturated carbocycles. The lowest BCUT2D eigenvalue weighted by molar-refractivity contribution is 0.0939. The van der Waals surface area contributed by atoms with Gasteiger partial charge in [-0.15, -0.1) is 0 Å². The van der Waals surface area contributed by atoms with E-state index in [9.17, 15) is 4.79 Å². The van der Waals surface area contributed by atoms with Crippen LogP contribution in [0.1, 0.15) is 40.3 Å². The molecule has 1 N–H and O–H groups in total. The third kappa shape index (κ3) is 2.58. The molecule has 3 rings (SSSR count). The van der Waals surface area contributed by atoms with Gasteiger partial charge in [0, 0.05) is 36.9 Å².